The highest BCUT2D eigenvalue weighted by atomic mass is 35.5. The first-order valence-corrected chi connectivity index (χ1v) is 7.03. The van der Waals surface area contributed by atoms with E-state index in [0.29, 0.717) is 0 Å². The number of hydrogen-bond acceptors (Lipinski definition) is 1. The molecule has 2 nitrogen and oxygen atoms in total. The Balaban J connectivity index is 2.19. The number of carboxylic acid groups (broad SMARTS) is 1. The number of benzene rings is 1. The Kier molecular flexibility index (Phi) is 2.86. The molecule has 0 aliphatic heterocycles. The van der Waals surface area contributed by atoms with E-state index in [9.17, 15) is 9.90 Å². The summed E-state index contributed by atoms with van der Waals surface area (Å²) in [6.07, 6.45) is 5.78. The van der Waals surface area contributed by atoms with Crippen LogP contribution in [0.1, 0.15) is 43.2 Å². The SMILES string of the molecule is O=C(O)C1CCc2cccc(Cl)c2C12CCCC2. The molecule has 2 aliphatic rings. The summed E-state index contributed by atoms with van der Waals surface area (Å²) < 4.78 is 0. The van der Waals surface area contributed by atoms with Crippen molar-refractivity contribution in [2.75, 3.05) is 0 Å². The standard InChI is InChI=1S/C15H17ClO2/c16-12-5-3-4-10-6-7-11(14(17)18)15(13(10)12)8-1-2-9-15/h3-5,11H,1-2,6-9H2,(H,17,18). The van der Waals surface area contributed by atoms with Gasteiger partial charge in [0, 0.05) is 10.4 Å². The van der Waals surface area contributed by atoms with Gasteiger partial charge < -0.3 is 5.11 Å². The zero-order valence-electron chi connectivity index (χ0n) is 10.3. The van der Waals surface area contributed by atoms with Gasteiger partial charge in [-0.15, -0.1) is 0 Å². The van der Waals surface area contributed by atoms with Gasteiger partial charge >= 0.3 is 5.97 Å². The van der Waals surface area contributed by atoms with Gasteiger partial charge in [0.1, 0.15) is 0 Å². The molecular weight excluding hydrogens is 248 g/mol. The Morgan fingerprint density at radius 3 is 2.72 bits per heavy atom. The Hall–Kier alpha value is -1.02. The van der Waals surface area contributed by atoms with E-state index in [1.807, 2.05) is 12.1 Å². The van der Waals surface area contributed by atoms with Crippen molar-refractivity contribution in [1.82, 2.24) is 0 Å². The van der Waals surface area contributed by atoms with E-state index in [2.05, 4.69) is 6.07 Å². The number of halogens is 1. The monoisotopic (exact) mass is 264 g/mol. The predicted octanol–water partition coefficient (Wildman–Crippen LogP) is 3.80. The van der Waals surface area contributed by atoms with Crippen molar-refractivity contribution in [3.63, 3.8) is 0 Å². The van der Waals surface area contributed by atoms with Crippen molar-refractivity contribution in [3.8, 4) is 0 Å². The van der Waals surface area contributed by atoms with Crippen LogP contribution in [0.3, 0.4) is 0 Å². The molecule has 0 heterocycles. The zero-order chi connectivity index (χ0) is 12.8. The maximum atomic E-state index is 11.6. The molecule has 1 N–H and O–H groups in total. The van der Waals surface area contributed by atoms with Crippen molar-refractivity contribution < 1.29 is 9.90 Å². The average Bonchev–Trinajstić information content (AvgIpc) is 2.78. The minimum atomic E-state index is -0.650. The number of rotatable bonds is 1. The highest BCUT2D eigenvalue weighted by molar-refractivity contribution is 6.31. The van der Waals surface area contributed by atoms with Gasteiger partial charge in [-0.1, -0.05) is 36.6 Å². The maximum Gasteiger partial charge on any atom is 0.307 e. The van der Waals surface area contributed by atoms with Gasteiger partial charge in [0.05, 0.1) is 5.92 Å². The highest BCUT2D eigenvalue weighted by Crippen LogP contribution is 2.54. The number of carboxylic acids is 1. The van der Waals surface area contributed by atoms with Crippen molar-refractivity contribution in [2.45, 2.75) is 43.9 Å². The second kappa shape index (κ2) is 4.27. The number of hydrogen-bond donors (Lipinski definition) is 1. The normalized spacial score (nSPS) is 25.1. The second-order valence-electron chi connectivity index (χ2n) is 5.57. The van der Waals surface area contributed by atoms with E-state index in [1.165, 1.54) is 5.56 Å². The van der Waals surface area contributed by atoms with Crippen molar-refractivity contribution in [3.05, 3.63) is 34.3 Å². The molecule has 18 heavy (non-hydrogen) atoms. The lowest BCUT2D eigenvalue weighted by atomic mass is 9.62. The van der Waals surface area contributed by atoms with E-state index in [-0.39, 0.29) is 11.3 Å². The smallest absolute Gasteiger partial charge is 0.307 e. The molecule has 1 unspecified atom stereocenters. The predicted molar refractivity (Wildman–Crippen MR) is 71.0 cm³/mol. The van der Waals surface area contributed by atoms with Gasteiger partial charge in [0.2, 0.25) is 0 Å². The van der Waals surface area contributed by atoms with Crippen LogP contribution in [0, 0.1) is 5.92 Å². The maximum absolute atomic E-state index is 11.6. The molecule has 96 valence electrons. The second-order valence-corrected chi connectivity index (χ2v) is 5.97. The molecule has 3 rings (SSSR count). The molecule has 2 aliphatic carbocycles. The molecule has 0 bridgehead atoms. The molecule has 0 saturated heterocycles. The molecule has 0 radical (unpaired) electrons. The summed E-state index contributed by atoms with van der Waals surface area (Å²) in [5.74, 6) is -0.908. The number of carbonyl (C=O) groups is 1. The van der Waals surface area contributed by atoms with Crippen LogP contribution in [0.4, 0.5) is 0 Å². The van der Waals surface area contributed by atoms with E-state index in [1.54, 1.807) is 0 Å². The minimum absolute atomic E-state index is 0.197. The fraction of sp³-hybridized carbons (Fsp3) is 0.533. The summed E-state index contributed by atoms with van der Waals surface area (Å²) in [6, 6.07) is 5.99. The van der Waals surface area contributed by atoms with Crippen molar-refractivity contribution >= 4 is 17.6 Å². The quantitative estimate of drug-likeness (QED) is 0.838. The lowest BCUT2D eigenvalue weighted by Crippen LogP contribution is -2.41. The minimum Gasteiger partial charge on any atom is -0.481 e. The average molecular weight is 265 g/mol. The third-order valence-electron chi connectivity index (χ3n) is 4.76. The highest BCUT2D eigenvalue weighted by Gasteiger charge is 2.50. The van der Waals surface area contributed by atoms with E-state index < -0.39 is 5.97 Å². The van der Waals surface area contributed by atoms with Crippen LogP contribution in [-0.2, 0) is 16.6 Å². The van der Waals surface area contributed by atoms with Gasteiger partial charge in [0.15, 0.2) is 0 Å². The fourth-order valence-corrected chi connectivity index (χ4v) is 4.43. The molecule has 1 atom stereocenters. The molecule has 1 aromatic carbocycles. The summed E-state index contributed by atoms with van der Waals surface area (Å²) >= 11 is 6.39. The molecule has 1 fully saturated rings. The third-order valence-corrected chi connectivity index (χ3v) is 5.08. The molecule has 1 saturated carbocycles. The number of aliphatic carboxylic acids is 1. The van der Waals surface area contributed by atoms with Crippen LogP contribution >= 0.6 is 11.6 Å². The van der Waals surface area contributed by atoms with Crippen LogP contribution in [0.25, 0.3) is 0 Å². The molecule has 0 amide bonds. The van der Waals surface area contributed by atoms with Crippen LogP contribution < -0.4 is 0 Å². The van der Waals surface area contributed by atoms with E-state index in [4.69, 9.17) is 11.6 Å². The van der Waals surface area contributed by atoms with Gasteiger partial charge in [-0.3, -0.25) is 4.79 Å². The Bertz CT molecular complexity index is 489. The van der Waals surface area contributed by atoms with Crippen LogP contribution in [0.2, 0.25) is 5.02 Å². The molecule has 3 heteroatoms. The van der Waals surface area contributed by atoms with Gasteiger partial charge in [0.25, 0.3) is 0 Å². The van der Waals surface area contributed by atoms with Crippen molar-refractivity contribution in [1.29, 1.82) is 0 Å². The molecular formula is C15H17ClO2. The van der Waals surface area contributed by atoms with Gasteiger partial charge in [-0.25, -0.2) is 0 Å². The van der Waals surface area contributed by atoms with Crippen LogP contribution in [-0.4, -0.2) is 11.1 Å². The van der Waals surface area contributed by atoms with E-state index in [0.717, 1.165) is 49.1 Å². The van der Waals surface area contributed by atoms with E-state index >= 15 is 0 Å². The lowest BCUT2D eigenvalue weighted by Gasteiger charge is -2.41. The third kappa shape index (κ3) is 1.58. The molecule has 1 aromatic rings. The first-order valence-electron chi connectivity index (χ1n) is 6.66. The van der Waals surface area contributed by atoms with Crippen molar-refractivity contribution in [2.24, 2.45) is 5.92 Å². The van der Waals surface area contributed by atoms with Gasteiger partial charge in [-0.05, 0) is 42.9 Å². The summed E-state index contributed by atoms with van der Waals surface area (Å²) in [4.78, 5) is 11.6. The summed E-state index contributed by atoms with van der Waals surface area (Å²) in [6.45, 7) is 0. The molecule has 1 spiro atoms. The Morgan fingerprint density at radius 1 is 1.33 bits per heavy atom. The largest absolute Gasteiger partial charge is 0.481 e. The topological polar surface area (TPSA) is 37.3 Å². The van der Waals surface area contributed by atoms with Gasteiger partial charge in [-0.2, -0.15) is 0 Å². The van der Waals surface area contributed by atoms with Crippen LogP contribution in [0.15, 0.2) is 18.2 Å². The fourth-order valence-electron chi connectivity index (χ4n) is 4.05. The summed E-state index contributed by atoms with van der Waals surface area (Å²) in [5, 5.41) is 10.3. The summed E-state index contributed by atoms with van der Waals surface area (Å²) in [7, 11) is 0. The first kappa shape index (κ1) is 12.0. The van der Waals surface area contributed by atoms with Crippen LogP contribution in [0.5, 0.6) is 0 Å². The number of fused-ring (bicyclic) bond motifs is 2. The first-order chi connectivity index (χ1) is 8.65. The Labute approximate surface area is 112 Å². The Morgan fingerprint density at radius 2 is 2.06 bits per heavy atom. The lowest BCUT2D eigenvalue weighted by molar-refractivity contribution is -0.145. The zero-order valence-corrected chi connectivity index (χ0v) is 11.0. The molecule has 0 aromatic heterocycles. The summed E-state index contributed by atoms with van der Waals surface area (Å²) in [5.41, 5.74) is 2.21. The number of aryl methyl sites for hydroxylation is 1.